The fourth-order valence-electron chi connectivity index (χ4n) is 1.92. The highest BCUT2D eigenvalue weighted by molar-refractivity contribution is 5.76. The molecule has 8 heteroatoms. The number of aryl methyl sites for hydroxylation is 1. The number of rotatable bonds is 8. The van der Waals surface area contributed by atoms with Crippen LogP contribution >= 0.6 is 0 Å². The minimum absolute atomic E-state index is 0.0236. The summed E-state index contributed by atoms with van der Waals surface area (Å²) in [5, 5.41) is 2.48. The molecule has 0 aliphatic carbocycles. The first kappa shape index (κ1) is 18.0. The van der Waals surface area contributed by atoms with Gasteiger partial charge in [0.25, 0.3) is 0 Å². The highest BCUT2D eigenvalue weighted by Crippen LogP contribution is 2.20. The first-order valence-electron chi connectivity index (χ1n) is 7.35. The summed E-state index contributed by atoms with van der Waals surface area (Å²) in [5.74, 6) is 0.744. The number of oxazole rings is 1. The summed E-state index contributed by atoms with van der Waals surface area (Å²) in [5.41, 5.74) is 0.891. The van der Waals surface area contributed by atoms with Crippen LogP contribution in [0.3, 0.4) is 0 Å². The average Bonchev–Trinajstić information content (AvgIpc) is 3.01. The number of alkyl halides is 3. The monoisotopic (exact) mass is 342 g/mol. The van der Waals surface area contributed by atoms with Crippen LogP contribution in [0, 0.1) is 0 Å². The minimum Gasteiger partial charge on any atom is -0.441 e. The Balaban J connectivity index is 1.66. The van der Waals surface area contributed by atoms with Gasteiger partial charge in [0.15, 0.2) is 11.7 Å². The van der Waals surface area contributed by atoms with Crippen LogP contribution in [0.5, 0.6) is 0 Å². The number of benzene rings is 1. The number of nitrogens with one attached hydrogen (secondary N) is 1. The van der Waals surface area contributed by atoms with Gasteiger partial charge in [0.1, 0.15) is 6.61 Å². The molecule has 1 aromatic heterocycles. The molecule has 0 saturated carbocycles. The molecule has 0 spiro atoms. The van der Waals surface area contributed by atoms with Crippen molar-refractivity contribution >= 4 is 5.91 Å². The van der Waals surface area contributed by atoms with Crippen molar-refractivity contribution in [3.63, 3.8) is 0 Å². The zero-order valence-corrected chi connectivity index (χ0v) is 12.8. The van der Waals surface area contributed by atoms with Gasteiger partial charge in [0, 0.05) is 24.9 Å². The van der Waals surface area contributed by atoms with Gasteiger partial charge in [0.2, 0.25) is 5.91 Å². The van der Waals surface area contributed by atoms with E-state index in [-0.39, 0.29) is 25.5 Å². The van der Waals surface area contributed by atoms with Gasteiger partial charge < -0.3 is 14.5 Å². The molecule has 0 aliphatic heterocycles. The van der Waals surface area contributed by atoms with Crippen molar-refractivity contribution in [2.45, 2.75) is 19.0 Å². The standard InChI is InChI=1S/C16H17F3N2O3/c17-16(18,19)11-23-9-8-20-14(22)6-7-15-21-10-13(24-15)12-4-2-1-3-5-12/h1-5,10H,6-9,11H2,(H,20,22). The smallest absolute Gasteiger partial charge is 0.411 e. The lowest BCUT2D eigenvalue weighted by atomic mass is 10.2. The Morgan fingerprint density at radius 1 is 1.25 bits per heavy atom. The molecule has 0 saturated heterocycles. The van der Waals surface area contributed by atoms with Crippen LogP contribution in [0.2, 0.25) is 0 Å². The number of hydrogen-bond donors (Lipinski definition) is 1. The second kappa shape index (κ2) is 8.49. The van der Waals surface area contributed by atoms with Crippen molar-refractivity contribution in [3.05, 3.63) is 42.4 Å². The number of halogens is 3. The molecule has 1 amide bonds. The van der Waals surface area contributed by atoms with Crippen molar-refractivity contribution in [3.8, 4) is 11.3 Å². The van der Waals surface area contributed by atoms with E-state index in [4.69, 9.17) is 4.42 Å². The largest absolute Gasteiger partial charge is 0.441 e. The van der Waals surface area contributed by atoms with E-state index < -0.39 is 12.8 Å². The molecule has 2 rings (SSSR count). The molecule has 0 bridgehead atoms. The van der Waals surface area contributed by atoms with E-state index in [1.165, 1.54) is 0 Å². The van der Waals surface area contributed by atoms with Gasteiger partial charge >= 0.3 is 6.18 Å². The Hall–Kier alpha value is -2.35. The highest BCUT2D eigenvalue weighted by atomic mass is 19.4. The Morgan fingerprint density at radius 3 is 2.71 bits per heavy atom. The van der Waals surface area contributed by atoms with E-state index in [2.05, 4.69) is 15.0 Å². The number of aromatic nitrogens is 1. The summed E-state index contributed by atoms with van der Waals surface area (Å²) in [6.07, 6.45) is -2.32. The summed E-state index contributed by atoms with van der Waals surface area (Å²) in [6.45, 7) is -1.49. The maximum Gasteiger partial charge on any atom is 0.411 e. The molecule has 0 unspecified atom stereocenters. The lowest BCUT2D eigenvalue weighted by Crippen LogP contribution is -2.29. The molecular weight excluding hydrogens is 325 g/mol. The first-order valence-corrected chi connectivity index (χ1v) is 7.35. The summed E-state index contributed by atoms with van der Waals surface area (Å²) in [7, 11) is 0. The van der Waals surface area contributed by atoms with E-state index in [1.54, 1.807) is 6.20 Å². The Kier molecular flexibility index (Phi) is 6.36. The summed E-state index contributed by atoms with van der Waals surface area (Å²) >= 11 is 0. The van der Waals surface area contributed by atoms with E-state index >= 15 is 0 Å². The predicted octanol–water partition coefficient (Wildman–Crippen LogP) is 2.97. The van der Waals surface area contributed by atoms with Crippen molar-refractivity contribution in [1.82, 2.24) is 10.3 Å². The SMILES string of the molecule is O=C(CCc1ncc(-c2ccccc2)o1)NCCOCC(F)(F)F. The third-order valence-corrected chi connectivity index (χ3v) is 3.01. The molecule has 130 valence electrons. The molecule has 0 radical (unpaired) electrons. The van der Waals surface area contributed by atoms with E-state index in [9.17, 15) is 18.0 Å². The third kappa shape index (κ3) is 6.41. The van der Waals surface area contributed by atoms with E-state index in [0.29, 0.717) is 18.1 Å². The second-order valence-corrected chi connectivity index (χ2v) is 5.00. The molecule has 1 N–H and O–H groups in total. The molecule has 1 heterocycles. The van der Waals surface area contributed by atoms with Crippen LogP contribution in [0.1, 0.15) is 12.3 Å². The molecule has 0 fully saturated rings. The van der Waals surface area contributed by atoms with Crippen molar-refractivity contribution in [2.24, 2.45) is 0 Å². The predicted molar refractivity (Wildman–Crippen MR) is 80.1 cm³/mol. The molecule has 2 aromatic rings. The Morgan fingerprint density at radius 2 is 2.00 bits per heavy atom. The maximum atomic E-state index is 11.8. The van der Waals surface area contributed by atoms with Gasteiger partial charge in [-0.1, -0.05) is 30.3 Å². The average molecular weight is 342 g/mol. The van der Waals surface area contributed by atoms with E-state index in [0.717, 1.165) is 5.56 Å². The number of ether oxygens (including phenoxy) is 1. The van der Waals surface area contributed by atoms with Crippen LogP contribution in [0.15, 0.2) is 40.9 Å². The molecule has 0 aliphatic rings. The second-order valence-electron chi connectivity index (χ2n) is 5.00. The molecule has 0 atom stereocenters. The van der Waals surface area contributed by atoms with Gasteiger partial charge in [-0.25, -0.2) is 4.98 Å². The maximum absolute atomic E-state index is 11.8. The number of carbonyl (C=O) groups is 1. The Labute approximate surface area is 136 Å². The molecule has 5 nitrogen and oxygen atoms in total. The van der Waals surface area contributed by atoms with Crippen LogP contribution < -0.4 is 5.32 Å². The fourth-order valence-corrected chi connectivity index (χ4v) is 1.92. The fraction of sp³-hybridized carbons (Fsp3) is 0.375. The van der Waals surface area contributed by atoms with Gasteiger partial charge in [-0.05, 0) is 0 Å². The summed E-state index contributed by atoms with van der Waals surface area (Å²) in [4.78, 5) is 15.7. The molecule has 24 heavy (non-hydrogen) atoms. The van der Waals surface area contributed by atoms with Crippen LogP contribution in [0.25, 0.3) is 11.3 Å². The molecular formula is C16H17F3N2O3. The van der Waals surface area contributed by atoms with Gasteiger partial charge in [-0.2, -0.15) is 13.2 Å². The zero-order chi connectivity index (χ0) is 17.4. The van der Waals surface area contributed by atoms with Crippen molar-refractivity contribution < 1.29 is 27.1 Å². The first-order chi connectivity index (χ1) is 11.4. The minimum atomic E-state index is -4.36. The molecule has 1 aromatic carbocycles. The van der Waals surface area contributed by atoms with Crippen LogP contribution in [-0.4, -0.2) is 36.8 Å². The van der Waals surface area contributed by atoms with Gasteiger partial charge in [-0.15, -0.1) is 0 Å². The lowest BCUT2D eigenvalue weighted by Gasteiger charge is -2.08. The zero-order valence-electron chi connectivity index (χ0n) is 12.8. The number of carbonyl (C=O) groups excluding carboxylic acids is 1. The highest BCUT2D eigenvalue weighted by Gasteiger charge is 2.27. The number of nitrogens with zero attached hydrogens (tertiary/aromatic N) is 1. The lowest BCUT2D eigenvalue weighted by molar-refractivity contribution is -0.173. The van der Waals surface area contributed by atoms with E-state index in [1.807, 2.05) is 30.3 Å². The van der Waals surface area contributed by atoms with Crippen molar-refractivity contribution in [2.75, 3.05) is 19.8 Å². The summed E-state index contributed by atoms with van der Waals surface area (Å²) in [6, 6.07) is 9.43. The van der Waals surface area contributed by atoms with Crippen LogP contribution in [-0.2, 0) is 16.0 Å². The quantitative estimate of drug-likeness (QED) is 0.749. The number of amides is 1. The number of hydrogen-bond acceptors (Lipinski definition) is 4. The third-order valence-electron chi connectivity index (χ3n) is 3.01. The van der Waals surface area contributed by atoms with Crippen molar-refractivity contribution in [1.29, 1.82) is 0 Å². The van der Waals surface area contributed by atoms with Gasteiger partial charge in [0.05, 0.1) is 12.8 Å². The summed E-state index contributed by atoms with van der Waals surface area (Å²) < 4.78 is 45.5. The topological polar surface area (TPSA) is 64.4 Å². The van der Waals surface area contributed by atoms with Gasteiger partial charge in [-0.3, -0.25) is 4.79 Å². The normalized spacial score (nSPS) is 11.5. The Bertz CT molecular complexity index is 642. The van der Waals surface area contributed by atoms with Crippen LogP contribution in [0.4, 0.5) is 13.2 Å².